The molecule has 0 heterocycles. The van der Waals surface area contributed by atoms with Gasteiger partial charge in [0.2, 0.25) is 5.78 Å². The van der Waals surface area contributed by atoms with Crippen molar-refractivity contribution in [3.05, 3.63) is 0 Å². The molecule has 13 heavy (non-hydrogen) atoms. The molecule has 0 radical (unpaired) electrons. The number of hydrogen-bond donors (Lipinski definition) is 0. The average Bonchev–Trinajstić information content (AvgIpc) is 2.62. The third-order valence-electron chi connectivity index (χ3n) is 2.11. The lowest BCUT2D eigenvalue weighted by molar-refractivity contribution is -0.269. The number of Topliss-reactive ketones (excluding diaryl/α,β-unsaturated/α-hetero) is 1. The highest BCUT2D eigenvalue weighted by atomic mass is 19.4. The van der Waals surface area contributed by atoms with Crippen molar-refractivity contribution in [1.82, 2.24) is 0 Å². The molecule has 0 aliphatic heterocycles. The smallest absolute Gasteiger partial charge is 0.292 e. The van der Waals surface area contributed by atoms with Crippen LogP contribution in [0, 0.1) is 11.8 Å². The molecule has 0 aromatic heterocycles. The fourth-order valence-electron chi connectivity index (χ4n) is 1.06. The molecule has 0 saturated heterocycles. The minimum absolute atomic E-state index is 0.129. The summed E-state index contributed by atoms with van der Waals surface area (Å²) in [5.41, 5.74) is 0. The van der Waals surface area contributed by atoms with Gasteiger partial charge in [0.15, 0.2) is 0 Å². The first-order chi connectivity index (χ1) is 5.68. The zero-order valence-corrected chi connectivity index (χ0v) is 6.66. The van der Waals surface area contributed by atoms with Crippen molar-refractivity contribution < 1.29 is 26.7 Å². The van der Waals surface area contributed by atoms with E-state index in [0.717, 1.165) is 0 Å². The third kappa shape index (κ3) is 1.66. The van der Waals surface area contributed by atoms with Crippen molar-refractivity contribution in [2.75, 3.05) is 0 Å². The van der Waals surface area contributed by atoms with E-state index in [9.17, 15) is 26.7 Å². The van der Waals surface area contributed by atoms with Gasteiger partial charge in [0.1, 0.15) is 0 Å². The molecule has 6 heteroatoms. The van der Waals surface area contributed by atoms with E-state index in [1.54, 1.807) is 0 Å². The van der Waals surface area contributed by atoms with Gasteiger partial charge in [-0.2, -0.15) is 22.0 Å². The van der Waals surface area contributed by atoms with Crippen LogP contribution in [-0.2, 0) is 4.79 Å². The molecule has 76 valence electrons. The number of alkyl halides is 5. The van der Waals surface area contributed by atoms with E-state index in [1.807, 2.05) is 0 Å². The van der Waals surface area contributed by atoms with Gasteiger partial charge in [0.05, 0.1) is 0 Å². The molecule has 1 rings (SSSR count). The lowest BCUT2D eigenvalue weighted by atomic mass is 10.1. The Morgan fingerprint density at radius 3 is 1.85 bits per heavy atom. The minimum Gasteiger partial charge on any atom is -0.292 e. The van der Waals surface area contributed by atoms with Crippen LogP contribution in [0.3, 0.4) is 0 Å². The first kappa shape index (κ1) is 10.4. The predicted octanol–water partition coefficient (Wildman–Crippen LogP) is 2.41. The van der Waals surface area contributed by atoms with Crippen molar-refractivity contribution >= 4 is 5.78 Å². The summed E-state index contributed by atoms with van der Waals surface area (Å²) in [4.78, 5) is 10.6. The van der Waals surface area contributed by atoms with Crippen LogP contribution in [0.1, 0.15) is 13.3 Å². The van der Waals surface area contributed by atoms with Gasteiger partial charge >= 0.3 is 12.1 Å². The molecular weight excluding hydrogens is 195 g/mol. The second-order valence-electron chi connectivity index (χ2n) is 3.26. The van der Waals surface area contributed by atoms with Crippen LogP contribution in [-0.4, -0.2) is 17.9 Å². The van der Waals surface area contributed by atoms with Crippen LogP contribution in [0.4, 0.5) is 22.0 Å². The Labute approximate surface area is 70.9 Å². The quantitative estimate of drug-likeness (QED) is 0.628. The van der Waals surface area contributed by atoms with Crippen LogP contribution in [0.5, 0.6) is 0 Å². The monoisotopic (exact) mass is 202 g/mol. The van der Waals surface area contributed by atoms with Gasteiger partial charge in [0, 0.05) is 5.92 Å². The normalized spacial score (nSPS) is 28.8. The van der Waals surface area contributed by atoms with Crippen LogP contribution in [0.2, 0.25) is 0 Å². The van der Waals surface area contributed by atoms with Crippen molar-refractivity contribution in [1.29, 1.82) is 0 Å². The van der Waals surface area contributed by atoms with Gasteiger partial charge in [-0.3, -0.25) is 4.79 Å². The number of hydrogen-bond acceptors (Lipinski definition) is 1. The molecular formula is C7H7F5O. The molecule has 1 saturated carbocycles. The second-order valence-corrected chi connectivity index (χ2v) is 3.26. The van der Waals surface area contributed by atoms with E-state index in [4.69, 9.17) is 0 Å². The first-order valence-corrected chi connectivity index (χ1v) is 3.66. The molecule has 1 fully saturated rings. The molecule has 2 unspecified atom stereocenters. The maximum atomic E-state index is 12.3. The topological polar surface area (TPSA) is 17.1 Å². The molecule has 0 aromatic rings. The fourth-order valence-corrected chi connectivity index (χ4v) is 1.06. The molecule has 0 amide bonds. The molecule has 1 aliphatic rings. The molecule has 1 aliphatic carbocycles. The van der Waals surface area contributed by atoms with Gasteiger partial charge < -0.3 is 0 Å². The Kier molecular flexibility index (Phi) is 2.12. The maximum absolute atomic E-state index is 12.3. The molecule has 0 bridgehead atoms. The summed E-state index contributed by atoms with van der Waals surface area (Å²) in [6, 6.07) is 0. The van der Waals surface area contributed by atoms with Gasteiger partial charge in [-0.1, -0.05) is 6.92 Å². The summed E-state index contributed by atoms with van der Waals surface area (Å²) < 4.78 is 59.5. The van der Waals surface area contributed by atoms with Crippen LogP contribution in [0.15, 0.2) is 0 Å². The van der Waals surface area contributed by atoms with Gasteiger partial charge in [-0.25, -0.2) is 0 Å². The largest absolute Gasteiger partial charge is 0.461 e. The molecule has 1 nitrogen and oxygen atoms in total. The molecule has 0 aromatic carbocycles. The highest BCUT2D eigenvalue weighted by Crippen LogP contribution is 2.47. The predicted molar refractivity (Wildman–Crippen MR) is 33.3 cm³/mol. The number of ketones is 1. The summed E-state index contributed by atoms with van der Waals surface area (Å²) in [7, 11) is 0. The van der Waals surface area contributed by atoms with E-state index in [2.05, 4.69) is 0 Å². The molecule has 0 spiro atoms. The number of halogens is 5. The molecule has 2 atom stereocenters. The maximum Gasteiger partial charge on any atom is 0.461 e. The van der Waals surface area contributed by atoms with Crippen molar-refractivity contribution in [2.24, 2.45) is 11.8 Å². The summed E-state index contributed by atoms with van der Waals surface area (Å²) in [5.74, 6) is -8.63. The Morgan fingerprint density at radius 2 is 1.62 bits per heavy atom. The van der Waals surface area contributed by atoms with Crippen LogP contribution in [0.25, 0.3) is 0 Å². The van der Waals surface area contributed by atoms with Crippen molar-refractivity contribution in [3.63, 3.8) is 0 Å². The standard InChI is InChI=1S/C7H7F5O/c1-3-2-4(3)5(13)6(8,9)7(10,11)12/h3-4H,2H2,1H3. The summed E-state index contributed by atoms with van der Waals surface area (Å²) in [6.07, 6.45) is -5.63. The van der Waals surface area contributed by atoms with Crippen LogP contribution < -0.4 is 0 Å². The van der Waals surface area contributed by atoms with E-state index in [1.165, 1.54) is 6.92 Å². The highest BCUT2D eigenvalue weighted by Gasteiger charge is 2.66. The van der Waals surface area contributed by atoms with E-state index >= 15 is 0 Å². The summed E-state index contributed by atoms with van der Waals surface area (Å²) >= 11 is 0. The Morgan fingerprint density at radius 1 is 1.23 bits per heavy atom. The van der Waals surface area contributed by atoms with Gasteiger partial charge in [-0.15, -0.1) is 0 Å². The van der Waals surface area contributed by atoms with Gasteiger partial charge in [0.25, 0.3) is 0 Å². The lowest BCUT2D eigenvalue weighted by Gasteiger charge is -2.17. The summed E-state index contributed by atoms with van der Waals surface area (Å²) in [5, 5.41) is 0. The van der Waals surface area contributed by atoms with Crippen LogP contribution >= 0.6 is 0 Å². The number of carbonyl (C=O) groups is 1. The Hall–Kier alpha value is -0.680. The molecule has 0 N–H and O–H groups in total. The zero-order chi connectivity index (χ0) is 10.4. The number of rotatable bonds is 2. The number of carbonyl (C=O) groups excluding carboxylic acids is 1. The zero-order valence-electron chi connectivity index (χ0n) is 6.66. The van der Waals surface area contributed by atoms with E-state index < -0.39 is 23.8 Å². The fraction of sp³-hybridized carbons (Fsp3) is 0.857. The lowest BCUT2D eigenvalue weighted by Crippen LogP contribution is -2.45. The summed E-state index contributed by atoms with van der Waals surface area (Å²) in [6.45, 7) is 1.47. The van der Waals surface area contributed by atoms with Crippen molar-refractivity contribution in [3.8, 4) is 0 Å². The minimum atomic E-state index is -5.76. The Balaban J connectivity index is 2.75. The SMILES string of the molecule is CC1CC1C(=O)C(F)(F)C(F)(F)F. The highest BCUT2D eigenvalue weighted by molar-refractivity contribution is 5.90. The van der Waals surface area contributed by atoms with E-state index in [0.29, 0.717) is 0 Å². The van der Waals surface area contributed by atoms with Crippen molar-refractivity contribution in [2.45, 2.75) is 25.4 Å². The second kappa shape index (κ2) is 2.65. The average molecular weight is 202 g/mol. The third-order valence-corrected chi connectivity index (χ3v) is 2.11. The van der Waals surface area contributed by atoms with Gasteiger partial charge in [-0.05, 0) is 12.3 Å². The van der Waals surface area contributed by atoms with E-state index in [-0.39, 0.29) is 12.3 Å². The Bertz CT molecular complexity index is 232. The first-order valence-electron chi connectivity index (χ1n) is 3.66.